The topological polar surface area (TPSA) is 81.8 Å². The minimum absolute atomic E-state index is 0.477. The Hall–Kier alpha value is -3.00. The number of aromatic nitrogens is 3. The highest BCUT2D eigenvalue weighted by molar-refractivity contribution is 7.99. The van der Waals surface area contributed by atoms with Gasteiger partial charge in [-0.3, -0.25) is 0 Å². The molecule has 28 heavy (non-hydrogen) atoms. The van der Waals surface area contributed by atoms with Gasteiger partial charge < -0.3 is 19.2 Å². The van der Waals surface area contributed by atoms with Gasteiger partial charge in [-0.05, 0) is 25.1 Å². The van der Waals surface area contributed by atoms with Crippen molar-refractivity contribution in [3.05, 3.63) is 54.1 Å². The maximum atomic E-state index is 9.38. The molecule has 0 aliphatic rings. The van der Waals surface area contributed by atoms with Crippen molar-refractivity contribution < 1.29 is 14.7 Å². The lowest BCUT2D eigenvalue weighted by molar-refractivity contribution is 0.319. The quantitative estimate of drug-likeness (QED) is 0.268. The van der Waals surface area contributed by atoms with Crippen molar-refractivity contribution in [2.75, 3.05) is 20.0 Å². The van der Waals surface area contributed by atoms with E-state index in [4.69, 9.17) is 9.47 Å². The van der Waals surface area contributed by atoms with Crippen LogP contribution in [0.1, 0.15) is 12.5 Å². The fourth-order valence-corrected chi connectivity index (χ4v) is 3.76. The van der Waals surface area contributed by atoms with Crippen LogP contribution in [0.15, 0.2) is 58.8 Å². The van der Waals surface area contributed by atoms with Gasteiger partial charge >= 0.3 is 0 Å². The average Bonchev–Trinajstić information content (AvgIpc) is 3.17. The molecule has 0 bridgehead atoms. The molecule has 0 amide bonds. The molecule has 0 saturated carbocycles. The Morgan fingerprint density at radius 2 is 1.82 bits per heavy atom. The summed E-state index contributed by atoms with van der Waals surface area (Å²) in [4.78, 5) is 0. The molecule has 1 aromatic heterocycles. The zero-order chi connectivity index (χ0) is 19.9. The van der Waals surface area contributed by atoms with Crippen molar-refractivity contribution in [2.45, 2.75) is 18.6 Å². The lowest BCUT2D eigenvalue weighted by Gasteiger charge is -2.11. The van der Waals surface area contributed by atoms with Crippen molar-refractivity contribution >= 4 is 17.5 Å². The lowest BCUT2D eigenvalue weighted by atomic mass is 10.1. The standard InChI is InChI=1S/C20H22N4O3S/c1-4-24-19(15-10-11-17(26-2)18(12-15)27-3)21-22-20(24)28-13-16(23-25)14-8-6-5-7-9-14/h5-12,25H,4,13H2,1-3H3/b23-16+. The van der Waals surface area contributed by atoms with Crippen molar-refractivity contribution in [2.24, 2.45) is 5.16 Å². The molecule has 0 unspecified atom stereocenters. The highest BCUT2D eigenvalue weighted by Gasteiger charge is 2.16. The Balaban J connectivity index is 1.84. The second kappa shape index (κ2) is 9.27. The summed E-state index contributed by atoms with van der Waals surface area (Å²) in [5.41, 5.74) is 2.35. The maximum absolute atomic E-state index is 9.38. The summed E-state index contributed by atoms with van der Waals surface area (Å²) in [6.45, 7) is 2.74. The third kappa shape index (κ3) is 4.12. The maximum Gasteiger partial charge on any atom is 0.191 e. The fraction of sp³-hybridized carbons (Fsp3) is 0.250. The molecule has 0 radical (unpaired) electrons. The summed E-state index contributed by atoms with van der Waals surface area (Å²) < 4.78 is 12.7. The van der Waals surface area contributed by atoms with Crippen molar-refractivity contribution in [3.63, 3.8) is 0 Å². The summed E-state index contributed by atoms with van der Waals surface area (Å²) in [7, 11) is 3.21. The highest BCUT2D eigenvalue weighted by atomic mass is 32.2. The van der Waals surface area contributed by atoms with Gasteiger partial charge in [-0.15, -0.1) is 10.2 Å². The Morgan fingerprint density at radius 1 is 1.07 bits per heavy atom. The molecule has 3 rings (SSSR count). The second-order valence-corrected chi connectivity index (χ2v) is 6.76. The normalized spacial score (nSPS) is 11.5. The number of nitrogens with zero attached hydrogens (tertiary/aromatic N) is 4. The number of benzene rings is 2. The molecule has 2 aromatic carbocycles. The van der Waals surface area contributed by atoms with Gasteiger partial charge in [0.15, 0.2) is 22.5 Å². The van der Waals surface area contributed by atoms with Crippen LogP contribution in [0.3, 0.4) is 0 Å². The molecule has 0 saturated heterocycles. The van der Waals surface area contributed by atoms with Crippen LogP contribution in [-0.2, 0) is 6.54 Å². The van der Waals surface area contributed by atoms with E-state index in [-0.39, 0.29) is 0 Å². The minimum atomic E-state index is 0.477. The van der Waals surface area contributed by atoms with E-state index in [1.165, 1.54) is 11.8 Å². The average molecular weight is 398 g/mol. The van der Waals surface area contributed by atoms with Crippen LogP contribution in [0.25, 0.3) is 11.4 Å². The third-order valence-corrected chi connectivity index (χ3v) is 5.22. The van der Waals surface area contributed by atoms with Crippen LogP contribution in [0.4, 0.5) is 0 Å². The van der Waals surface area contributed by atoms with Gasteiger partial charge in [0.25, 0.3) is 0 Å². The fourth-order valence-electron chi connectivity index (χ4n) is 2.80. The predicted octanol–water partition coefficient (Wildman–Crippen LogP) is 3.95. The molecule has 0 aliphatic carbocycles. The highest BCUT2D eigenvalue weighted by Crippen LogP contribution is 2.33. The Morgan fingerprint density at radius 3 is 2.46 bits per heavy atom. The van der Waals surface area contributed by atoms with Crippen LogP contribution in [0.2, 0.25) is 0 Å². The van der Waals surface area contributed by atoms with Gasteiger partial charge in [0.1, 0.15) is 0 Å². The van der Waals surface area contributed by atoms with E-state index in [2.05, 4.69) is 15.4 Å². The van der Waals surface area contributed by atoms with E-state index in [1.807, 2.05) is 60.0 Å². The predicted molar refractivity (Wildman–Crippen MR) is 110 cm³/mol. The summed E-state index contributed by atoms with van der Waals surface area (Å²) >= 11 is 1.47. The molecule has 0 fully saturated rings. The Labute approximate surface area is 168 Å². The zero-order valence-corrected chi connectivity index (χ0v) is 16.8. The first kappa shape index (κ1) is 19.8. The van der Waals surface area contributed by atoms with Crippen LogP contribution in [0, 0.1) is 0 Å². The SMILES string of the molecule is CCn1c(SC/C(=N\O)c2ccccc2)nnc1-c1ccc(OC)c(OC)c1. The van der Waals surface area contributed by atoms with Gasteiger partial charge in [-0.1, -0.05) is 47.2 Å². The first-order valence-electron chi connectivity index (χ1n) is 8.76. The molecular weight excluding hydrogens is 376 g/mol. The van der Waals surface area contributed by atoms with E-state index in [0.29, 0.717) is 29.5 Å². The molecular formula is C20H22N4O3S. The largest absolute Gasteiger partial charge is 0.493 e. The van der Waals surface area contributed by atoms with Gasteiger partial charge in [0.2, 0.25) is 0 Å². The molecule has 146 valence electrons. The first-order valence-corrected chi connectivity index (χ1v) is 9.75. The van der Waals surface area contributed by atoms with Crippen molar-refractivity contribution in [1.29, 1.82) is 0 Å². The van der Waals surface area contributed by atoms with Gasteiger partial charge in [0, 0.05) is 23.4 Å². The minimum Gasteiger partial charge on any atom is -0.493 e. The number of hydrogen-bond acceptors (Lipinski definition) is 7. The Kier molecular flexibility index (Phi) is 6.54. The molecule has 8 heteroatoms. The molecule has 1 N–H and O–H groups in total. The van der Waals surface area contributed by atoms with Crippen LogP contribution >= 0.6 is 11.8 Å². The van der Waals surface area contributed by atoms with Crippen LogP contribution in [0.5, 0.6) is 11.5 Å². The van der Waals surface area contributed by atoms with E-state index in [9.17, 15) is 5.21 Å². The van der Waals surface area contributed by atoms with Gasteiger partial charge in [-0.2, -0.15) is 0 Å². The van der Waals surface area contributed by atoms with Crippen molar-refractivity contribution in [3.8, 4) is 22.9 Å². The van der Waals surface area contributed by atoms with E-state index >= 15 is 0 Å². The molecule has 1 heterocycles. The first-order chi connectivity index (χ1) is 13.7. The summed E-state index contributed by atoms with van der Waals surface area (Å²) in [5.74, 6) is 2.52. The monoisotopic (exact) mass is 398 g/mol. The van der Waals surface area contributed by atoms with E-state index < -0.39 is 0 Å². The summed E-state index contributed by atoms with van der Waals surface area (Å²) in [6, 6.07) is 15.2. The summed E-state index contributed by atoms with van der Waals surface area (Å²) in [6.07, 6.45) is 0. The van der Waals surface area contributed by atoms with Crippen LogP contribution in [-0.4, -0.2) is 45.7 Å². The smallest absolute Gasteiger partial charge is 0.191 e. The van der Waals surface area contributed by atoms with Crippen LogP contribution < -0.4 is 9.47 Å². The van der Waals surface area contributed by atoms with Crippen molar-refractivity contribution in [1.82, 2.24) is 14.8 Å². The van der Waals surface area contributed by atoms with E-state index in [0.717, 1.165) is 22.1 Å². The number of thioether (sulfide) groups is 1. The van der Waals surface area contributed by atoms with Gasteiger partial charge in [0.05, 0.1) is 19.9 Å². The Bertz CT molecular complexity index is 957. The summed E-state index contributed by atoms with van der Waals surface area (Å²) in [5, 5.41) is 22.3. The number of hydrogen-bond donors (Lipinski definition) is 1. The second-order valence-electron chi connectivity index (χ2n) is 5.82. The third-order valence-electron chi connectivity index (χ3n) is 4.24. The van der Waals surface area contributed by atoms with Gasteiger partial charge in [-0.25, -0.2) is 0 Å². The molecule has 3 aromatic rings. The van der Waals surface area contributed by atoms with E-state index in [1.54, 1.807) is 14.2 Å². The number of rotatable bonds is 8. The molecule has 7 nitrogen and oxygen atoms in total. The number of oxime groups is 1. The number of methoxy groups -OCH3 is 2. The molecule has 0 aliphatic heterocycles. The molecule has 0 atom stereocenters. The molecule has 0 spiro atoms. The zero-order valence-electron chi connectivity index (χ0n) is 16.0. The number of ether oxygens (including phenoxy) is 2. The lowest BCUT2D eigenvalue weighted by Crippen LogP contribution is -2.06.